The summed E-state index contributed by atoms with van der Waals surface area (Å²) in [4.78, 5) is 38.9. The molecule has 1 aliphatic carbocycles. The van der Waals surface area contributed by atoms with Crippen molar-refractivity contribution in [3.05, 3.63) is 88.4 Å². The summed E-state index contributed by atoms with van der Waals surface area (Å²) in [5.74, 6) is -1.63. The highest BCUT2D eigenvalue weighted by atomic mass is 35.5. The van der Waals surface area contributed by atoms with Gasteiger partial charge in [0.05, 0.1) is 5.92 Å². The summed E-state index contributed by atoms with van der Waals surface area (Å²) < 4.78 is 0. The number of aliphatic carboxylic acids is 1. The fourth-order valence-corrected chi connectivity index (χ4v) is 5.05. The minimum atomic E-state index is -0.824. The molecule has 1 fully saturated rings. The van der Waals surface area contributed by atoms with Gasteiger partial charge in [-0.05, 0) is 72.0 Å². The Labute approximate surface area is 202 Å². The van der Waals surface area contributed by atoms with Crippen LogP contribution in [0.25, 0.3) is 11.1 Å². The molecule has 0 unspecified atom stereocenters. The number of anilines is 1. The Morgan fingerprint density at radius 3 is 2.35 bits per heavy atom. The van der Waals surface area contributed by atoms with Crippen LogP contribution in [0.2, 0.25) is 5.02 Å². The first-order chi connectivity index (χ1) is 16.4. The molecule has 1 saturated carbocycles. The standard InChI is InChI=1S/C27H23ClN2O4/c28-20-10-6-17(7-11-20)25(31)29-21-12-8-16(9-13-21)18-4-5-19-15-30(26(32)23(19)14-18)24-3-1-2-22(24)27(33)34/h4-14,22,24H,1-3,15H2,(H,29,31)(H,33,34)/t22-,24+/m0/s1. The van der Waals surface area contributed by atoms with Crippen LogP contribution in [0.4, 0.5) is 5.69 Å². The Kier molecular flexibility index (Phi) is 5.84. The molecule has 0 radical (unpaired) electrons. The fraction of sp³-hybridized carbons (Fsp3) is 0.222. The van der Waals surface area contributed by atoms with Gasteiger partial charge in [-0.1, -0.05) is 42.3 Å². The van der Waals surface area contributed by atoms with E-state index in [0.29, 0.717) is 34.8 Å². The van der Waals surface area contributed by atoms with Crippen molar-refractivity contribution in [2.75, 3.05) is 5.32 Å². The molecular formula is C27H23ClN2O4. The molecule has 6 nitrogen and oxygen atoms in total. The molecule has 2 N–H and O–H groups in total. The summed E-state index contributed by atoms with van der Waals surface area (Å²) in [6, 6.07) is 19.7. The lowest BCUT2D eigenvalue weighted by atomic mass is 10.00. The molecule has 172 valence electrons. The molecule has 5 rings (SSSR count). The van der Waals surface area contributed by atoms with Crippen LogP contribution in [0.15, 0.2) is 66.7 Å². The Morgan fingerprint density at radius 2 is 1.65 bits per heavy atom. The van der Waals surface area contributed by atoms with Gasteiger partial charge in [-0.3, -0.25) is 14.4 Å². The highest BCUT2D eigenvalue weighted by Crippen LogP contribution is 2.37. The lowest BCUT2D eigenvalue weighted by molar-refractivity contribution is -0.143. The third-order valence-corrected chi connectivity index (χ3v) is 6.97. The number of carbonyl (C=O) groups excluding carboxylic acids is 2. The number of hydrogen-bond donors (Lipinski definition) is 2. The van der Waals surface area contributed by atoms with Crippen LogP contribution in [-0.2, 0) is 11.3 Å². The molecule has 34 heavy (non-hydrogen) atoms. The van der Waals surface area contributed by atoms with Crippen molar-refractivity contribution in [2.45, 2.75) is 31.8 Å². The monoisotopic (exact) mass is 474 g/mol. The lowest BCUT2D eigenvalue weighted by Crippen LogP contribution is -2.40. The third kappa shape index (κ3) is 4.17. The average molecular weight is 475 g/mol. The highest BCUT2D eigenvalue weighted by molar-refractivity contribution is 6.30. The van der Waals surface area contributed by atoms with Gasteiger partial charge >= 0.3 is 5.97 Å². The number of hydrogen-bond acceptors (Lipinski definition) is 3. The maximum atomic E-state index is 13.1. The van der Waals surface area contributed by atoms with Crippen molar-refractivity contribution in [1.82, 2.24) is 4.90 Å². The van der Waals surface area contributed by atoms with Gasteiger partial charge < -0.3 is 15.3 Å². The largest absolute Gasteiger partial charge is 0.481 e. The normalized spacial score (nSPS) is 19.2. The summed E-state index contributed by atoms with van der Waals surface area (Å²) in [6.07, 6.45) is 2.17. The number of fused-ring (bicyclic) bond motifs is 1. The van der Waals surface area contributed by atoms with Gasteiger partial charge in [0.25, 0.3) is 11.8 Å². The molecule has 3 aromatic carbocycles. The number of amides is 2. The fourth-order valence-electron chi connectivity index (χ4n) is 4.92. The van der Waals surface area contributed by atoms with E-state index in [1.165, 1.54) is 0 Å². The minimum Gasteiger partial charge on any atom is -0.481 e. The molecule has 3 aromatic rings. The van der Waals surface area contributed by atoms with Crippen LogP contribution in [-0.4, -0.2) is 33.8 Å². The topological polar surface area (TPSA) is 86.7 Å². The van der Waals surface area contributed by atoms with E-state index in [4.69, 9.17) is 11.6 Å². The quantitative estimate of drug-likeness (QED) is 0.513. The number of carboxylic acids is 1. The molecule has 0 aromatic heterocycles. The number of rotatable bonds is 5. The van der Waals surface area contributed by atoms with Crippen LogP contribution < -0.4 is 5.32 Å². The summed E-state index contributed by atoms with van der Waals surface area (Å²) in [5, 5.41) is 13.0. The van der Waals surface area contributed by atoms with Crippen molar-refractivity contribution < 1.29 is 19.5 Å². The first-order valence-electron chi connectivity index (χ1n) is 11.2. The molecule has 0 bridgehead atoms. The number of nitrogens with one attached hydrogen (secondary N) is 1. The average Bonchev–Trinajstić information content (AvgIpc) is 3.45. The molecule has 1 aliphatic heterocycles. The molecule has 2 aliphatic rings. The smallest absolute Gasteiger partial charge is 0.308 e. The third-order valence-electron chi connectivity index (χ3n) is 6.72. The first kappa shape index (κ1) is 22.2. The van der Waals surface area contributed by atoms with Crippen molar-refractivity contribution in [3.63, 3.8) is 0 Å². The lowest BCUT2D eigenvalue weighted by Gasteiger charge is -2.27. The van der Waals surface area contributed by atoms with Crippen LogP contribution >= 0.6 is 11.6 Å². The molecule has 0 spiro atoms. The Morgan fingerprint density at radius 1 is 0.941 bits per heavy atom. The van der Waals surface area contributed by atoms with Crippen LogP contribution in [0.1, 0.15) is 45.5 Å². The number of nitrogens with zero attached hydrogens (tertiary/aromatic N) is 1. The number of halogens is 1. The second kappa shape index (κ2) is 8.95. The van der Waals surface area contributed by atoms with Gasteiger partial charge in [0, 0.05) is 34.4 Å². The molecule has 7 heteroatoms. The van der Waals surface area contributed by atoms with E-state index >= 15 is 0 Å². The molecule has 2 amide bonds. The van der Waals surface area contributed by atoms with E-state index in [-0.39, 0.29) is 17.9 Å². The summed E-state index contributed by atoms with van der Waals surface area (Å²) in [6.45, 7) is 0.457. The second-order valence-electron chi connectivity index (χ2n) is 8.79. The van der Waals surface area contributed by atoms with Gasteiger partial charge in [0.1, 0.15) is 0 Å². The maximum absolute atomic E-state index is 13.1. The van der Waals surface area contributed by atoms with E-state index in [0.717, 1.165) is 29.5 Å². The Hall–Kier alpha value is -3.64. The number of carboxylic acid groups (broad SMARTS) is 1. The van der Waals surface area contributed by atoms with E-state index in [9.17, 15) is 19.5 Å². The number of benzene rings is 3. The second-order valence-corrected chi connectivity index (χ2v) is 9.22. The SMILES string of the molecule is O=C(Nc1ccc(-c2ccc3c(c2)C(=O)N([C@@H]2CCC[C@@H]2C(=O)O)C3)cc1)c1ccc(Cl)cc1. The summed E-state index contributed by atoms with van der Waals surface area (Å²) in [5.41, 5.74) is 4.55. The van der Waals surface area contributed by atoms with E-state index < -0.39 is 11.9 Å². The van der Waals surface area contributed by atoms with E-state index in [1.54, 1.807) is 29.2 Å². The van der Waals surface area contributed by atoms with Crippen LogP contribution in [0.5, 0.6) is 0 Å². The molecule has 0 saturated heterocycles. The van der Waals surface area contributed by atoms with Gasteiger partial charge in [-0.25, -0.2) is 0 Å². The first-order valence-corrected chi connectivity index (χ1v) is 11.6. The van der Waals surface area contributed by atoms with Gasteiger partial charge in [-0.2, -0.15) is 0 Å². The molecule has 2 atom stereocenters. The Bertz CT molecular complexity index is 1270. The van der Waals surface area contributed by atoms with Crippen molar-refractivity contribution in [3.8, 4) is 11.1 Å². The zero-order valence-corrected chi connectivity index (χ0v) is 19.1. The minimum absolute atomic E-state index is 0.0955. The molecular weight excluding hydrogens is 452 g/mol. The summed E-state index contributed by atoms with van der Waals surface area (Å²) >= 11 is 5.88. The van der Waals surface area contributed by atoms with Crippen molar-refractivity contribution in [2.24, 2.45) is 5.92 Å². The predicted octanol–water partition coefficient (Wildman–Crippen LogP) is 5.47. The Balaban J connectivity index is 1.31. The van der Waals surface area contributed by atoms with Gasteiger partial charge in [0.15, 0.2) is 0 Å². The van der Waals surface area contributed by atoms with Gasteiger partial charge in [-0.15, -0.1) is 0 Å². The maximum Gasteiger partial charge on any atom is 0.308 e. The highest BCUT2D eigenvalue weighted by Gasteiger charge is 2.42. The molecule has 1 heterocycles. The van der Waals surface area contributed by atoms with E-state index in [1.807, 2.05) is 42.5 Å². The summed E-state index contributed by atoms with van der Waals surface area (Å²) in [7, 11) is 0. The van der Waals surface area contributed by atoms with Crippen molar-refractivity contribution in [1.29, 1.82) is 0 Å². The van der Waals surface area contributed by atoms with Crippen LogP contribution in [0, 0.1) is 5.92 Å². The van der Waals surface area contributed by atoms with Crippen molar-refractivity contribution >= 4 is 35.1 Å². The van der Waals surface area contributed by atoms with Crippen LogP contribution in [0.3, 0.4) is 0 Å². The van der Waals surface area contributed by atoms with E-state index in [2.05, 4.69) is 5.32 Å². The zero-order chi connectivity index (χ0) is 23.8. The van der Waals surface area contributed by atoms with Gasteiger partial charge in [0.2, 0.25) is 0 Å². The number of carbonyl (C=O) groups is 3. The predicted molar refractivity (Wildman–Crippen MR) is 130 cm³/mol. The zero-order valence-electron chi connectivity index (χ0n) is 18.3.